The molecule has 3 heteroatoms. The van der Waals surface area contributed by atoms with E-state index in [0.717, 1.165) is 22.0 Å². The van der Waals surface area contributed by atoms with Crippen molar-refractivity contribution in [2.45, 2.75) is 0 Å². The van der Waals surface area contributed by atoms with Crippen LogP contribution in [-0.2, 0) is 0 Å². The van der Waals surface area contributed by atoms with E-state index >= 15 is 0 Å². The van der Waals surface area contributed by atoms with Gasteiger partial charge in [0.15, 0.2) is 0 Å². The van der Waals surface area contributed by atoms with E-state index < -0.39 is 0 Å². The molecule has 2 aromatic carbocycles. The Balaban J connectivity index is 2.35. The minimum absolute atomic E-state index is 0.170. The molecule has 0 aliphatic heterocycles. The molecular weight excluding hydrogens is 289 g/mol. The first kappa shape index (κ1) is 12.9. The average Bonchev–Trinajstić information content (AvgIpc) is 2.39. The molecule has 0 radical (unpaired) electrons. The number of benzene rings is 2. The molecule has 18 heavy (non-hydrogen) atoms. The van der Waals surface area contributed by atoms with E-state index in [2.05, 4.69) is 23.1 Å². The fourth-order valence-corrected chi connectivity index (χ4v) is 3.62. The topological polar surface area (TPSA) is 20.3 Å². The van der Waals surface area contributed by atoms with Gasteiger partial charge in [0.1, 0.15) is 0 Å². The van der Waals surface area contributed by atoms with Crippen LogP contribution in [0.1, 0.15) is 10.4 Å². The number of aldehydes is 1. The van der Waals surface area contributed by atoms with Crippen molar-refractivity contribution in [2.24, 2.45) is 0 Å². The summed E-state index contributed by atoms with van der Waals surface area (Å²) in [6, 6.07) is 16.3. The van der Waals surface area contributed by atoms with E-state index in [1.165, 1.54) is 4.46 Å². The van der Waals surface area contributed by atoms with Crippen molar-refractivity contribution in [3.63, 3.8) is 0 Å². The molecule has 0 spiro atoms. The molecule has 0 unspecified atom stereocenters. The zero-order chi connectivity index (χ0) is 13.0. The minimum atomic E-state index is 0.170. The van der Waals surface area contributed by atoms with Gasteiger partial charge < -0.3 is 0 Å². The molecule has 0 aliphatic carbocycles. The molecule has 0 saturated carbocycles. The number of hydrogen-bond acceptors (Lipinski definition) is 2. The molecule has 0 aliphatic rings. The Morgan fingerprint density at radius 2 is 1.78 bits per heavy atom. The van der Waals surface area contributed by atoms with Crippen molar-refractivity contribution in [1.29, 1.82) is 0 Å². The predicted octanol–water partition coefficient (Wildman–Crippen LogP) is 1.22. The van der Waals surface area contributed by atoms with Gasteiger partial charge in [-0.1, -0.05) is 0 Å². The van der Waals surface area contributed by atoms with Crippen LogP contribution in [0.25, 0.3) is 0 Å². The molecule has 2 rings (SSSR count). The average molecular weight is 304 g/mol. The summed E-state index contributed by atoms with van der Waals surface area (Å²) in [6.07, 6.45) is 0.944. The standard InChI is InChI=1S/C15H15NOSe/c1-16(2)13-9-8-12(11-17)15(10-13)18-14-6-4-3-5-7-14/h3-11H,1-2H3. The molecular formula is C15H15NOSe. The van der Waals surface area contributed by atoms with Crippen molar-refractivity contribution < 1.29 is 4.79 Å². The third kappa shape index (κ3) is 3.00. The van der Waals surface area contributed by atoms with Crippen molar-refractivity contribution in [1.82, 2.24) is 0 Å². The van der Waals surface area contributed by atoms with Gasteiger partial charge in [0.05, 0.1) is 0 Å². The van der Waals surface area contributed by atoms with Crippen LogP contribution in [0.15, 0.2) is 48.5 Å². The molecule has 2 aromatic rings. The van der Waals surface area contributed by atoms with Gasteiger partial charge in [0.25, 0.3) is 0 Å². The molecule has 0 aromatic heterocycles. The first-order chi connectivity index (χ1) is 8.70. The number of anilines is 1. The zero-order valence-electron chi connectivity index (χ0n) is 10.5. The maximum absolute atomic E-state index is 11.1. The second-order valence-electron chi connectivity index (χ2n) is 4.15. The Morgan fingerprint density at radius 3 is 2.39 bits per heavy atom. The normalized spacial score (nSPS) is 10.1. The first-order valence-electron chi connectivity index (χ1n) is 5.70. The second kappa shape index (κ2) is 5.85. The quantitative estimate of drug-likeness (QED) is 0.625. The summed E-state index contributed by atoms with van der Waals surface area (Å²) in [5, 5.41) is 0. The van der Waals surface area contributed by atoms with Crippen molar-refractivity contribution in [3.8, 4) is 0 Å². The molecule has 0 saturated heterocycles. The van der Waals surface area contributed by atoms with Crippen LogP contribution >= 0.6 is 0 Å². The summed E-state index contributed by atoms with van der Waals surface area (Å²) in [6.45, 7) is 0. The Hall–Kier alpha value is -1.57. The van der Waals surface area contributed by atoms with Gasteiger partial charge >= 0.3 is 114 Å². The Labute approximate surface area is 114 Å². The maximum atomic E-state index is 11.1. The van der Waals surface area contributed by atoms with E-state index in [-0.39, 0.29) is 15.0 Å². The molecule has 0 N–H and O–H groups in total. The van der Waals surface area contributed by atoms with Gasteiger partial charge in [-0.25, -0.2) is 0 Å². The van der Waals surface area contributed by atoms with Crippen LogP contribution in [0.3, 0.4) is 0 Å². The van der Waals surface area contributed by atoms with Crippen LogP contribution in [0.2, 0.25) is 0 Å². The Bertz CT molecular complexity index is 537. The third-order valence-electron chi connectivity index (χ3n) is 2.61. The van der Waals surface area contributed by atoms with Crippen LogP contribution in [-0.4, -0.2) is 35.3 Å². The Morgan fingerprint density at radius 1 is 1.06 bits per heavy atom. The zero-order valence-corrected chi connectivity index (χ0v) is 12.2. The van der Waals surface area contributed by atoms with Gasteiger partial charge in [0.2, 0.25) is 0 Å². The molecule has 0 fully saturated rings. The van der Waals surface area contributed by atoms with Crippen LogP contribution < -0.4 is 13.8 Å². The summed E-state index contributed by atoms with van der Waals surface area (Å²) in [4.78, 5) is 13.1. The third-order valence-corrected chi connectivity index (χ3v) is 4.88. The summed E-state index contributed by atoms with van der Waals surface area (Å²) in [5.74, 6) is 0. The molecule has 0 atom stereocenters. The van der Waals surface area contributed by atoms with E-state index in [0.29, 0.717) is 0 Å². The second-order valence-corrected chi connectivity index (χ2v) is 6.49. The number of nitrogens with zero attached hydrogens (tertiary/aromatic N) is 1. The van der Waals surface area contributed by atoms with Gasteiger partial charge in [0, 0.05) is 0 Å². The van der Waals surface area contributed by atoms with Crippen LogP contribution in [0, 0.1) is 0 Å². The molecule has 92 valence electrons. The van der Waals surface area contributed by atoms with Gasteiger partial charge in [-0.15, -0.1) is 0 Å². The molecule has 0 heterocycles. The predicted molar refractivity (Wildman–Crippen MR) is 77.6 cm³/mol. The fourth-order valence-electron chi connectivity index (χ4n) is 1.60. The summed E-state index contributed by atoms with van der Waals surface area (Å²) < 4.78 is 2.42. The fraction of sp³-hybridized carbons (Fsp3) is 0.133. The van der Waals surface area contributed by atoms with E-state index in [1.807, 2.05) is 44.4 Å². The van der Waals surface area contributed by atoms with Crippen LogP contribution in [0.5, 0.6) is 0 Å². The summed E-state index contributed by atoms with van der Waals surface area (Å²) in [5.41, 5.74) is 1.93. The van der Waals surface area contributed by atoms with E-state index in [9.17, 15) is 4.79 Å². The monoisotopic (exact) mass is 305 g/mol. The molecule has 0 amide bonds. The van der Waals surface area contributed by atoms with E-state index in [1.54, 1.807) is 0 Å². The number of carbonyl (C=O) groups excluding carboxylic acids is 1. The van der Waals surface area contributed by atoms with Crippen LogP contribution in [0.4, 0.5) is 5.69 Å². The number of rotatable bonds is 4. The van der Waals surface area contributed by atoms with Crippen molar-refractivity contribution >= 4 is 35.9 Å². The number of hydrogen-bond donors (Lipinski definition) is 0. The summed E-state index contributed by atoms with van der Waals surface area (Å²) in [7, 11) is 4.02. The molecule has 0 bridgehead atoms. The SMILES string of the molecule is CN(C)c1ccc(C=O)c([Se]c2ccccc2)c1. The van der Waals surface area contributed by atoms with Gasteiger partial charge in [-0.2, -0.15) is 0 Å². The van der Waals surface area contributed by atoms with Gasteiger partial charge in [-0.3, -0.25) is 0 Å². The van der Waals surface area contributed by atoms with Gasteiger partial charge in [-0.05, 0) is 0 Å². The first-order valence-corrected chi connectivity index (χ1v) is 7.41. The summed E-state index contributed by atoms with van der Waals surface area (Å²) >= 11 is 0.170. The Kier molecular flexibility index (Phi) is 4.19. The van der Waals surface area contributed by atoms with Crippen molar-refractivity contribution in [2.75, 3.05) is 19.0 Å². The van der Waals surface area contributed by atoms with E-state index in [4.69, 9.17) is 0 Å². The molecule has 2 nitrogen and oxygen atoms in total. The van der Waals surface area contributed by atoms with Crippen molar-refractivity contribution in [3.05, 3.63) is 54.1 Å². The number of carbonyl (C=O) groups is 1.